The number of allylic oxidation sites excluding steroid dienone is 15. The molecular formula is C76H137N2O7P. The van der Waals surface area contributed by atoms with E-state index in [1.54, 1.807) is 0 Å². The molecule has 3 unspecified atom stereocenters. The van der Waals surface area contributed by atoms with Crippen LogP contribution in [0.2, 0.25) is 0 Å². The van der Waals surface area contributed by atoms with Crippen molar-refractivity contribution in [3.05, 3.63) is 97.2 Å². The Morgan fingerprint density at radius 2 is 0.709 bits per heavy atom. The smallest absolute Gasteiger partial charge is 0.306 e. The van der Waals surface area contributed by atoms with E-state index in [2.05, 4.69) is 111 Å². The van der Waals surface area contributed by atoms with Crippen molar-refractivity contribution in [2.75, 3.05) is 40.9 Å². The molecule has 0 spiro atoms. The molecule has 0 radical (unpaired) electrons. The van der Waals surface area contributed by atoms with E-state index in [4.69, 9.17) is 13.8 Å². The molecule has 0 fully saturated rings. The van der Waals surface area contributed by atoms with E-state index in [-0.39, 0.29) is 24.9 Å². The predicted molar refractivity (Wildman–Crippen MR) is 371 cm³/mol. The summed E-state index contributed by atoms with van der Waals surface area (Å²) in [7, 11) is 1.17. The van der Waals surface area contributed by atoms with Crippen molar-refractivity contribution < 1.29 is 37.3 Å². The zero-order chi connectivity index (χ0) is 62.8. The van der Waals surface area contributed by atoms with Gasteiger partial charge in [0.05, 0.1) is 33.8 Å². The van der Waals surface area contributed by atoms with Gasteiger partial charge in [0.1, 0.15) is 19.3 Å². The van der Waals surface area contributed by atoms with Gasteiger partial charge in [-0.1, -0.05) is 292 Å². The van der Waals surface area contributed by atoms with Crippen molar-refractivity contribution in [3.8, 4) is 0 Å². The van der Waals surface area contributed by atoms with Crippen molar-refractivity contribution in [1.82, 2.24) is 5.32 Å². The summed E-state index contributed by atoms with van der Waals surface area (Å²) in [6, 6.07) is -0.904. The van der Waals surface area contributed by atoms with E-state index in [9.17, 15) is 19.0 Å². The quantitative estimate of drug-likeness (QED) is 0.0212. The number of amides is 1. The van der Waals surface area contributed by atoms with Gasteiger partial charge in [-0.25, -0.2) is 0 Å². The Morgan fingerprint density at radius 1 is 0.407 bits per heavy atom. The zero-order valence-electron chi connectivity index (χ0n) is 57.0. The van der Waals surface area contributed by atoms with Gasteiger partial charge in [0.15, 0.2) is 0 Å². The van der Waals surface area contributed by atoms with E-state index in [0.29, 0.717) is 23.9 Å². The summed E-state index contributed by atoms with van der Waals surface area (Å²) in [6.45, 7) is 6.79. The summed E-state index contributed by atoms with van der Waals surface area (Å²) in [5, 5.41) is 3.03. The third-order valence-electron chi connectivity index (χ3n) is 15.7. The fourth-order valence-corrected chi connectivity index (χ4v) is 10.9. The number of rotatable bonds is 65. The number of nitrogens with zero attached hydrogens (tertiary/aromatic N) is 1. The molecule has 0 heterocycles. The van der Waals surface area contributed by atoms with Crippen LogP contribution in [0.1, 0.15) is 323 Å². The van der Waals surface area contributed by atoms with Gasteiger partial charge in [-0.05, 0) is 115 Å². The van der Waals surface area contributed by atoms with Gasteiger partial charge in [0, 0.05) is 12.8 Å². The van der Waals surface area contributed by atoms with Crippen LogP contribution < -0.4 is 10.2 Å². The van der Waals surface area contributed by atoms with Crippen LogP contribution in [0.15, 0.2) is 97.2 Å². The maximum absolute atomic E-state index is 13.6. The minimum Gasteiger partial charge on any atom is -0.756 e. The Bertz CT molecular complexity index is 1790. The number of quaternary nitrogens is 1. The third-order valence-corrected chi connectivity index (χ3v) is 16.7. The number of carbonyl (C=O) groups excluding carboxylic acids is 2. The van der Waals surface area contributed by atoms with E-state index in [1.165, 1.54) is 180 Å². The zero-order valence-corrected chi connectivity index (χ0v) is 57.9. The summed E-state index contributed by atoms with van der Waals surface area (Å²) >= 11 is 0. The first-order valence-corrected chi connectivity index (χ1v) is 37.5. The summed E-state index contributed by atoms with van der Waals surface area (Å²) in [4.78, 5) is 40.2. The Morgan fingerprint density at radius 3 is 1.08 bits per heavy atom. The van der Waals surface area contributed by atoms with Crippen molar-refractivity contribution >= 4 is 19.7 Å². The Kier molecular flexibility index (Phi) is 62.6. The number of carbonyl (C=O) groups is 2. The minimum atomic E-state index is -4.71. The molecule has 10 heteroatoms. The number of phosphoric acid groups is 1. The summed E-state index contributed by atoms with van der Waals surface area (Å²) < 4.78 is 30.4. The van der Waals surface area contributed by atoms with Crippen LogP contribution in [0, 0.1) is 0 Å². The second-order valence-corrected chi connectivity index (χ2v) is 26.8. The van der Waals surface area contributed by atoms with Crippen LogP contribution in [0.25, 0.3) is 0 Å². The Balaban J connectivity index is 5.07. The highest BCUT2D eigenvalue weighted by atomic mass is 31.2. The number of hydrogen-bond acceptors (Lipinski definition) is 7. The van der Waals surface area contributed by atoms with Crippen LogP contribution >= 0.6 is 7.82 Å². The maximum Gasteiger partial charge on any atom is 0.306 e. The molecule has 86 heavy (non-hydrogen) atoms. The molecule has 1 N–H and O–H groups in total. The fourth-order valence-electron chi connectivity index (χ4n) is 10.2. The average molecular weight is 1220 g/mol. The number of nitrogens with one attached hydrogen (secondary N) is 1. The highest BCUT2D eigenvalue weighted by Crippen LogP contribution is 2.38. The van der Waals surface area contributed by atoms with Gasteiger partial charge in [0.2, 0.25) is 5.91 Å². The van der Waals surface area contributed by atoms with Crippen LogP contribution in [0.5, 0.6) is 0 Å². The van der Waals surface area contributed by atoms with Gasteiger partial charge in [0.25, 0.3) is 7.82 Å². The molecule has 1 amide bonds. The van der Waals surface area contributed by atoms with E-state index >= 15 is 0 Å². The largest absolute Gasteiger partial charge is 0.756 e. The molecule has 0 aromatic carbocycles. The molecule has 0 saturated heterocycles. The lowest BCUT2D eigenvalue weighted by atomic mass is 10.0. The lowest BCUT2D eigenvalue weighted by Gasteiger charge is -2.30. The minimum absolute atomic E-state index is 0.0296. The Labute approximate surface area is 532 Å². The highest BCUT2D eigenvalue weighted by Gasteiger charge is 2.27. The van der Waals surface area contributed by atoms with Crippen molar-refractivity contribution in [1.29, 1.82) is 0 Å². The molecule has 9 nitrogen and oxygen atoms in total. The van der Waals surface area contributed by atoms with Gasteiger partial charge in [-0.3, -0.25) is 14.2 Å². The summed E-state index contributed by atoms with van der Waals surface area (Å²) in [5.41, 5.74) is 0. The second kappa shape index (κ2) is 64.9. The molecular weight excluding hydrogens is 1080 g/mol. The molecule has 0 aliphatic heterocycles. The number of esters is 1. The van der Waals surface area contributed by atoms with Gasteiger partial charge in [-0.15, -0.1) is 0 Å². The molecule has 0 aliphatic rings. The first kappa shape index (κ1) is 82.9. The van der Waals surface area contributed by atoms with Crippen molar-refractivity contribution in [2.45, 2.75) is 335 Å². The fraction of sp³-hybridized carbons (Fsp3) is 0.763. The first-order chi connectivity index (χ1) is 41.9. The normalized spacial score (nSPS) is 14.1. The molecule has 0 aromatic rings. The van der Waals surface area contributed by atoms with Crippen LogP contribution in [0.3, 0.4) is 0 Å². The first-order valence-electron chi connectivity index (χ1n) is 36.0. The number of ether oxygens (including phenoxy) is 1. The topological polar surface area (TPSA) is 114 Å². The van der Waals surface area contributed by atoms with E-state index in [1.807, 2.05) is 33.3 Å². The lowest BCUT2D eigenvalue weighted by Crippen LogP contribution is -2.47. The van der Waals surface area contributed by atoms with Crippen LogP contribution in [-0.2, 0) is 27.9 Å². The Hall–Kier alpha value is -3.07. The number of likely N-dealkylation sites (N-methyl/N-ethyl adjacent to an activating group) is 1. The molecule has 0 aliphatic carbocycles. The van der Waals surface area contributed by atoms with Crippen LogP contribution in [0.4, 0.5) is 0 Å². The number of hydrogen-bond donors (Lipinski definition) is 1. The van der Waals surface area contributed by atoms with Gasteiger partial charge < -0.3 is 28.5 Å². The summed E-state index contributed by atoms with van der Waals surface area (Å²) in [6.07, 6.45) is 88.1. The average Bonchev–Trinajstić information content (AvgIpc) is 3.66. The SMILES string of the molecule is CCCCC/C=C\C/C=C\C/C=C\C/C=C\CCCCCCCC(=O)NC(COP(=O)([O-])OCC[N+](C)(C)C)C(/C=C\CCCCCCCCCCCC)OC(=O)CCCCCCCCCCCCCCCC/C=C\C/C=C\C/C=C\CCCCC. The third kappa shape index (κ3) is 65.4. The predicted octanol–water partition coefficient (Wildman–Crippen LogP) is 22.4. The maximum atomic E-state index is 13.6. The molecule has 0 rings (SSSR count). The molecule has 498 valence electrons. The molecule has 0 saturated carbocycles. The molecule has 3 atom stereocenters. The van der Waals surface area contributed by atoms with Gasteiger partial charge in [-0.2, -0.15) is 0 Å². The number of unbranched alkanes of at least 4 members (excludes halogenated alkanes) is 35. The van der Waals surface area contributed by atoms with Crippen molar-refractivity contribution in [3.63, 3.8) is 0 Å². The highest BCUT2D eigenvalue weighted by molar-refractivity contribution is 7.45. The second-order valence-electron chi connectivity index (χ2n) is 25.4. The molecule has 0 bridgehead atoms. The standard InChI is InChI=1S/C76H137N2O7P/c1-7-10-13-16-19-22-25-28-30-32-34-36-37-38-39-40-41-43-45-47-49-51-54-57-60-63-66-69-76(80)85-74(67-64-61-58-55-52-27-24-21-18-15-12-9-3)73(72-84-86(81,82)83-71-70-78(4,5)6)77-75(79)68-65-62-59-56-53-50-48-46-44-42-35-33-31-29-26-23-20-17-14-11-8-2/h19-20,22-23,28-31,34-36,42,46,48,64,67,73-74H,7-18,21,24-27,32-33,37-41,43-45,47,49-63,65-66,68-72H2,1-6H3,(H-,77,79,81,82)/b22-19-,23-20-,30-28-,31-29-,36-34-,42-35-,48-46-,67-64-. The van der Waals surface area contributed by atoms with E-state index in [0.717, 1.165) is 103 Å². The molecule has 0 aromatic heterocycles. The number of phosphoric ester groups is 1. The van der Waals surface area contributed by atoms with Gasteiger partial charge >= 0.3 is 5.97 Å². The summed E-state index contributed by atoms with van der Waals surface area (Å²) in [5.74, 6) is -0.558. The van der Waals surface area contributed by atoms with Crippen molar-refractivity contribution in [2.24, 2.45) is 0 Å². The lowest BCUT2D eigenvalue weighted by molar-refractivity contribution is -0.870. The van der Waals surface area contributed by atoms with E-state index < -0.39 is 26.6 Å². The van der Waals surface area contributed by atoms with Crippen LogP contribution in [-0.4, -0.2) is 69.4 Å². The monoisotopic (exact) mass is 1220 g/mol.